The molecule has 11 heavy (non-hydrogen) atoms. The Balaban J connectivity index is 2.31. The average molecular weight is 154 g/mol. The molecule has 0 aliphatic heterocycles. The van der Waals surface area contributed by atoms with Gasteiger partial charge in [0.2, 0.25) is 0 Å². The fourth-order valence-electron chi connectivity index (χ4n) is 2.73. The van der Waals surface area contributed by atoms with Gasteiger partial charge in [-0.15, -0.1) is 6.58 Å². The molecular formula is C9H14O2. The third-order valence-electron chi connectivity index (χ3n) is 3.39. The van der Waals surface area contributed by atoms with E-state index in [4.69, 9.17) is 0 Å². The number of hydrogen-bond acceptors (Lipinski definition) is 2. The van der Waals surface area contributed by atoms with E-state index >= 15 is 0 Å². The van der Waals surface area contributed by atoms with Crippen LogP contribution in [-0.4, -0.2) is 21.9 Å². The highest BCUT2D eigenvalue weighted by Crippen LogP contribution is 2.52. The first kappa shape index (κ1) is 7.32. The van der Waals surface area contributed by atoms with Crippen LogP contribution >= 0.6 is 0 Å². The van der Waals surface area contributed by atoms with Gasteiger partial charge in [0.05, 0.1) is 11.7 Å². The molecule has 2 rings (SSSR count). The highest BCUT2D eigenvalue weighted by Gasteiger charge is 2.56. The molecule has 0 heterocycles. The summed E-state index contributed by atoms with van der Waals surface area (Å²) in [6.07, 6.45) is 4.08. The first-order valence-electron chi connectivity index (χ1n) is 4.22. The van der Waals surface area contributed by atoms with Crippen LogP contribution in [0.3, 0.4) is 0 Å². The van der Waals surface area contributed by atoms with E-state index in [-0.39, 0.29) is 17.9 Å². The van der Waals surface area contributed by atoms with E-state index in [1.54, 1.807) is 6.08 Å². The van der Waals surface area contributed by atoms with Gasteiger partial charge >= 0.3 is 0 Å². The molecule has 2 nitrogen and oxygen atoms in total. The summed E-state index contributed by atoms with van der Waals surface area (Å²) in [5.41, 5.74) is -0.751. The van der Waals surface area contributed by atoms with Gasteiger partial charge in [-0.1, -0.05) is 6.08 Å². The fourth-order valence-corrected chi connectivity index (χ4v) is 2.73. The van der Waals surface area contributed by atoms with Crippen LogP contribution in [0.1, 0.15) is 19.3 Å². The molecule has 2 aliphatic carbocycles. The monoisotopic (exact) mass is 154 g/mol. The van der Waals surface area contributed by atoms with Crippen molar-refractivity contribution in [3.05, 3.63) is 12.7 Å². The van der Waals surface area contributed by atoms with Crippen molar-refractivity contribution in [1.82, 2.24) is 0 Å². The maximum absolute atomic E-state index is 9.99. The molecule has 2 fully saturated rings. The lowest BCUT2D eigenvalue weighted by atomic mass is 9.92. The Labute approximate surface area is 66.5 Å². The maximum atomic E-state index is 9.99. The summed E-state index contributed by atoms with van der Waals surface area (Å²) in [7, 11) is 0. The van der Waals surface area contributed by atoms with Gasteiger partial charge in [-0.3, -0.25) is 0 Å². The summed E-state index contributed by atoms with van der Waals surface area (Å²) in [6, 6.07) is 0. The number of aliphatic hydroxyl groups excluding tert-OH is 1. The summed E-state index contributed by atoms with van der Waals surface area (Å²) in [5.74, 6) is 0.324. The average Bonchev–Trinajstić information content (AvgIpc) is 2.42. The topological polar surface area (TPSA) is 40.5 Å². The molecule has 0 aromatic carbocycles. The molecule has 0 aromatic rings. The van der Waals surface area contributed by atoms with Gasteiger partial charge in [0, 0.05) is 5.92 Å². The molecule has 0 saturated heterocycles. The normalized spacial score (nSPS) is 54.9. The van der Waals surface area contributed by atoms with Crippen molar-refractivity contribution >= 4 is 0 Å². The Morgan fingerprint density at radius 2 is 2.18 bits per heavy atom. The van der Waals surface area contributed by atoms with Gasteiger partial charge in [-0.05, 0) is 25.2 Å². The van der Waals surface area contributed by atoms with Crippen LogP contribution in [-0.2, 0) is 0 Å². The van der Waals surface area contributed by atoms with E-state index in [0.717, 1.165) is 19.3 Å². The fraction of sp³-hybridized carbons (Fsp3) is 0.778. The zero-order valence-electron chi connectivity index (χ0n) is 6.53. The first-order valence-corrected chi connectivity index (χ1v) is 4.22. The van der Waals surface area contributed by atoms with Gasteiger partial charge in [-0.2, -0.15) is 0 Å². The summed E-state index contributed by atoms with van der Waals surface area (Å²) in [4.78, 5) is 0. The molecule has 62 valence electrons. The first-order chi connectivity index (χ1) is 5.18. The zero-order chi connectivity index (χ0) is 8.06. The van der Waals surface area contributed by atoms with Crippen LogP contribution in [0.15, 0.2) is 12.7 Å². The van der Waals surface area contributed by atoms with E-state index in [0.29, 0.717) is 0 Å². The number of aliphatic hydroxyl groups is 2. The third kappa shape index (κ3) is 0.741. The molecule has 2 aliphatic rings. The largest absolute Gasteiger partial charge is 0.393 e. The zero-order valence-corrected chi connectivity index (χ0v) is 6.53. The van der Waals surface area contributed by atoms with Crippen molar-refractivity contribution in [3.63, 3.8) is 0 Å². The summed E-state index contributed by atoms with van der Waals surface area (Å²) < 4.78 is 0. The van der Waals surface area contributed by atoms with Crippen molar-refractivity contribution in [2.45, 2.75) is 31.0 Å². The lowest BCUT2D eigenvalue weighted by molar-refractivity contribution is 0.0189. The van der Waals surface area contributed by atoms with Crippen molar-refractivity contribution in [2.75, 3.05) is 0 Å². The lowest BCUT2D eigenvalue weighted by Crippen LogP contribution is -2.33. The quantitative estimate of drug-likeness (QED) is 0.546. The highest BCUT2D eigenvalue weighted by molar-refractivity contribution is 5.15. The van der Waals surface area contributed by atoms with Gasteiger partial charge < -0.3 is 10.2 Å². The molecule has 0 unspecified atom stereocenters. The predicted molar refractivity (Wildman–Crippen MR) is 42.0 cm³/mol. The molecular weight excluding hydrogens is 140 g/mol. The van der Waals surface area contributed by atoms with Crippen LogP contribution < -0.4 is 0 Å². The molecule has 4 atom stereocenters. The minimum absolute atomic E-state index is 0.0602. The molecule has 2 heteroatoms. The molecule has 0 amide bonds. The Bertz CT molecular complexity index is 190. The minimum atomic E-state index is -0.751. The molecule has 2 N–H and O–H groups in total. The summed E-state index contributed by atoms with van der Waals surface area (Å²) >= 11 is 0. The van der Waals surface area contributed by atoms with Crippen LogP contribution in [0, 0.1) is 11.8 Å². The molecule has 2 saturated carbocycles. The number of fused-ring (bicyclic) bond motifs is 2. The van der Waals surface area contributed by atoms with Gasteiger partial charge in [0.25, 0.3) is 0 Å². The Morgan fingerprint density at radius 3 is 2.45 bits per heavy atom. The second kappa shape index (κ2) is 2.08. The van der Waals surface area contributed by atoms with Crippen LogP contribution in [0.4, 0.5) is 0 Å². The van der Waals surface area contributed by atoms with Gasteiger partial charge in [0.15, 0.2) is 0 Å². The van der Waals surface area contributed by atoms with E-state index in [1.165, 1.54) is 0 Å². The van der Waals surface area contributed by atoms with Crippen LogP contribution in [0.25, 0.3) is 0 Å². The van der Waals surface area contributed by atoms with Crippen molar-refractivity contribution in [1.29, 1.82) is 0 Å². The second-order valence-corrected chi connectivity index (χ2v) is 3.78. The van der Waals surface area contributed by atoms with E-state index in [2.05, 4.69) is 6.58 Å². The number of hydrogen-bond donors (Lipinski definition) is 2. The van der Waals surface area contributed by atoms with Crippen LogP contribution in [0.2, 0.25) is 0 Å². The smallest absolute Gasteiger partial charge is 0.0906 e. The van der Waals surface area contributed by atoms with Crippen molar-refractivity contribution in [2.24, 2.45) is 11.8 Å². The number of rotatable bonds is 1. The second-order valence-electron chi connectivity index (χ2n) is 3.78. The summed E-state index contributed by atoms with van der Waals surface area (Å²) in [5, 5.41) is 19.5. The van der Waals surface area contributed by atoms with E-state index < -0.39 is 5.60 Å². The maximum Gasteiger partial charge on any atom is 0.0906 e. The van der Waals surface area contributed by atoms with Gasteiger partial charge in [-0.25, -0.2) is 0 Å². The van der Waals surface area contributed by atoms with Gasteiger partial charge in [0.1, 0.15) is 0 Å². The van der Waals surface area contributed by atoms with E-state index in [1.807, 2.05) is 0 Å². The molecule has 0 spiro atoms. The SMILES string of the molecule is C=C[C@]1(O)[C@@H]2CC[C@H]1[C@@H](O)C2. The molecule has 0 radical (unpaired) electrons. The Hall–Kier alpha value is -0.340. The summed E-state index contributed by atoms with van der Waals surface area (Å²) in [6.45, 7) is 3.63. The lowest BCUT2D eigenvalue weighted by Gasteiger charge is -2.23. The van der Waals surface area contributed by atoms with Crippen molar-refractivity contribution in [3.8, 4) is 0 Å². The predicted octanol–water partition coefficient (Wildman–Crippen LogP) is 0.694. The third-order valence-corrected chi connectivity index (χ3v) is 3.39. The van der Waals surface area contributed by atoms with Crippen LogP contribution in [0.5, 0.6) is 0 Å². The molecule has 0 aromatic heterocycles. The Morgan fingerprint density at radius 1 is 1.45 bits per heavy atom. The minimum Gasteiger partial charge on any atom is -0.393 e. The van der Waals surface area contributed by atoms with Crippen molar-refractivity contribution < 1.29 is 10.2 Å². The molecule has 2 bridgehead atoms. The highest BCUT2D eigenvalue weighted by atomic mass is 16.3. The van der Waals surface area contributed by atoms with E-state index in [9.17, 15) is 10.2 Å². The Kier molecular flexibility index (Phi) is 1.38. The standard InChI is InChI=1S/C9H14O2/c1-2-9(11)6-3-4-7(9)8(10)5-6/h2,6-8,10-11H,1,3-5H2/t6-,7+,8+,9+/m1/s1.